The second-order valence-corrected chi connectivity index (χ2v) is 4.93. The average molecular weight is 335 g/mol. The molecule has 0 aromatic heterocycles. The number of benzene rings is 1. The predicted molar refractivity (Wildman–Crippen MR) is 82.4 cm³/mol. The summed E-state index contributed by atoms with van der Waals surface area (Å²) >= 11 is 0. The zero-order chi connectivity index (χ0) is 17.7. The molecule has 1 aliphatic rings. The van der Waals surface area contributed by atoms with E-state index in [2.05, 4.69) is 15.4 Å². The van der Waals surface area contributed by atoms with Crippen molar-refractivity contribution in [2.45, 2.75) is 12.5 Å². The third-order valence-electron chi connectivity index (χ3n) is 3.40. The van der Waals surface area contributed by atoms with Crippen LogP contribution in [0.25, 0.3) is 0 Å². The molecule has 0 aliphatic carbocycles. The Morgan fingerprint density at radius 1 is 1.21 bits per heavy atom. The summed E-state index contributed by atoms with van der Waals surface area (Å²) in [6.07, 6.45) is -0.270. The van der Waals surface area contributed by atoms with Crippen molar-refractivity contribution in [3.8, 4) is 5.75 Å². The number of carbonyl (C=O) groups is 4. The Balaban J connectivity index is 2.00. The van der Waals surface area contributed by atoms with Crippen molar-refractivity contribution in [3.63, 3.8) is 0 Å². The van der Waals surface area contributed by atoms with E-state index >= 15 is 0 Å². The quantitative estimate of drug-likeness (QED) is 0.550. The molecule has 24 heavy (non-hydrogen) atoms. The van der Waals surface area contributed by atoms with E-state index in [1.807, 2.05) is 0 Å². The third kappa shape index (κ3) is 3.80. The first kappa shape index (κ1) is 17.3. The number of rotatable bonds is 6. The lowest BCUT2D eigenvalue weighted by molar-refractivity contribution is -0.141. The maximum absolute atomic E-state index is 12.3. The van der Waals surface area contributed by atoms with Gasteiger partial charge in [-0.3, -0.25) is 14.4 Å². The Bertz CT molecular complexity index is 658. The van der Waals surface area contributed by atoms with Crippen LogP contribution in [0.5, 0.6) is 5.75 Å². The van der Waals surface area contributed by atoms with E-state index in [4.69, 9.17) is 4.74 Å². The van der Waals surface area contributed by atoms with Crippen LogP contribution in [-0.2, 0) is 19.1 Å². The van der Waals surface area contributed by atoms with Crippen molar-refractivity contribution in [1.82, 2.24) is 10.6 Å². The smallest absolute Gasteiger partial charge is 0.329 e. The number of amides is 4. The molecule has 0 unspecified atom stereocenters. The van der Waals surface area contributed by atoms with Gasteiger partial charge < -0.3 is 20.1 Å². The molecule has 0 radical (unpaired) electrons. The van der Waals surface area contributed by atoms with Gasteiger partial charge in [-0.1, -0.05) is 0 Å². The molecule has 1 heterocycles. The van der Waals surface area contributed by atoms with Crippen LogP contribution in [0, 0.1) is 0 Å². The van der Waals surface area contributed by atoms with Gasteiger partial charge in [0.2, 0.25) is 5.91 Å². The minimum Gasteiger partial charge on any atom is -0.497 e. The number of hydrogen-bond donors (Lipinski definition) is 2. The van der Waals surface area contributed by atoms with E-state index in [1.54, 1.807) is 24.3 Å². The van der Waals surface area contributed by atoms with Crippen LogP contribution in [0.4, 0.5) is 10.5 Å². The van der Waals surface area contributed by atoms with Gasteiger partial charge in [0.05, 0.1) is 26.3 Å². The lowest BCUT2D eigenvalue weighted by atomic mass is 10.2. The van der Waals surface area contributed by atoms with Gasteiger partial charge in [-0.05, 0) is 24.3 Å². The molecule has 9 heteroatoms. The largest absolute Gasteiger partial charge is 0.497 e. The van der Waals surface area contributed by atoms with Crippen molar-refractivity contribution in [1.29, 1.82) is 0 Å². The molecule has 1 aromatic rings. The van der Waals surface area contributed by atoms with Crippen molar-refractivity contribution in [2.75, 3.05) is 25.7 Å². The van der Waals surface area contributed by atoms with Gasteiger partial charge in [-0.25, -0.2) is 9.69 Å². The highest BCUT2D eigenvalue weighted by Gasteiger charge is 2.40. The van der Waals surface area contributed by atoms with Gasteiger partial charge in [-0.15, -0.1) is 0 Å². The maximum Gasteiger partial charge on any atom is 0.329 e. The molecule has 1 aliphatic heterocycles. The van der Waals surface area contributed by atoms with E-state index in [0.717, 1.165) is 4.90 Å². The predicted octanol–water partition coefficient (Wildman–Crippen LogP) is -0.201. The van der Waals surface area contributed by atoms with E-state index in [0.29, 0.717) is 11.4 Å². The standard InChI is InChI=1S/C15H17N3O6/c1-23-10-5-3-9(4-6-10)18-14(21)11(17-15(18)22)7-12(19)16-8-13(20)24-2/h3-6,11H,7-8H2,1-2H3,(H,16,19)(H,17,22)/t11-/m1/s1. The molecule has 2 rings (SSSR count). The summed E-state index contributed by atoms with van der Waals surface area (Å²) in [6.45, 7) is -0.299. The molecular weight excluding hydrogens is 318 g/mol. The first-order valence-corrected chi connectivity index (χ1v) is 7.08. The number of esters is 1. The van der Waals surface area contributed by atoms with E-state index in [1.165, 1.54) is 14.2 Å². The molecular formula is C15H17N3O6. The van der Waals surface area contributed by atoms with Gasteiger partial charge in [0.1, 0.15) is 18.3 Å². The van der Waals surface area contributed by atoms with Crippen LogP contribution >= 0.6 is 0 Å². The Morgan fingerprint density at radius 2 is 1.88 bits per heavy atom. The fourth-order valence-electron chi connectivity index (χ4n) is 2.15. The minimum absolute atomic E-state index is 0.270. The monoisotopic (exact) mass is 335 g/mol. The zero-order valence-electron chi connectivity index (χ0n) is 13.2. The van der Waals surface area contributed by atoms with Crippen molar-refractivity contribution >= 4 is 29.5 Å². The molecule has 1 atom stereocenters. The first-order chi connectivity index (χ1) is 11.5. The number of carbonyl (C=O) groups excluding carboxylic acids is 4. The molecule has 9 nitrogen and oxygen atoms in total. The van der Waals surface area contributed by atoms with Crippen LogP contribution in [0.3, 0.4) is 0 Å². The van der Waals surface area contributed by atoms with E-state index < -0.39 is 29.9 Å². The van der Waals surface area contributed by atoms with Crippen LogP contribution < -0.4 is 20.3 Å². The number of nitrogens with one attached hydrogen (secondary N) is 2. The second-order valence-electron chi connectivity index (χ2n) is 4.93. The first-order valence-electron chi connectivity index (χ1n) is 7.08. The Kier molecular flexibility index (Phi) is 5.35. The highest BCUT2D eigenvalue weighted by atomic mass is 16.5. The topological polar surface area (TPSA) is 114 Å². The molecule has 128 valence electrons. The average Bonchev–Trinajstić information content (AvgIpc) is 2.86. The second kappa shape index (κ2) is 7.44. The van der Waals surface area contributed by atoms with Gasteiger partial charge in [0.15, 0.2) is 0 Å². The Hall–Kier alpha value is -3.10. The summed E-state index contributed by atoms with van der Waals surface area (Å²) in [4.78, 5) is 48.0. The number of urea groups is 1. The van der Waals surface area contributed by atoms with Crippen LogP contribution in [0.1, 0.15) is 6.42 Å². The third-order valence-corrected chi connectivity index (χ3v) is 3.40. The summed E-state index contributed by atoms with van der Waals surface area (Å²) in [5.41, 5.74) is 0.371. The molecule has 1 aromatic carbocycles. The fourth-order valence-corrected chi connectivity index (χ4v) is 2.15. The van der Waals surface area contributed by atoms with Gasteiger partial charge >= 0.3 is 12.0 Å². The number of hydrogen-bond acceptors (Lipinski definition) is 6. The molecule has 0 spiro atoms. The molecule has 4 amide bonds. The minimum atomic E-state index is -0.989. The van der Waals surface area contributed by atoms with E-state index in [9.17, 15) is 19.2 Å². The van der Waals surface area contributed by atoms with Crippen LogP contribution in [0.2, 0.25) is 0 Å². The summed E-state index contributed by atoms with van der Waals surface area (Å²) < 4.78 is 9.41. The summed E-state index contributed by atoms with van der Waals surface area (Å²) in [6, 6.07) is 4.76. The Labute approximate surface area is 137 Å². The SMILES string of the molecule is COC(=O)CNC(=O)C[C@H]1NC(=O)N(c2ccc(OC)cc2)C1=O. The summed E-state index contributed by atoms with van der Waals surface area (Å²) in [7, 11) is 2.70. The number of methoxy groups -OCH3 is 2. The van der Waals surface area contributed by atoms with Crippen molar-refractivity contribution in [2.24, 2.45) is 0 Å². The molecule has 2 N–H and O–H groups in total. The normalized spacial score (nSPS) is 16.6. The van der Waals surface area contributed by atoms with Gasteiger partial charge in [0, 0.05) is 0 Å². The zero-order valence-corrected chi connectivity index (χ0v) is 13.2. The number of imide groups is 1. The van der Waals surface area contributed by atoms with Gasteiger partial charge in [-0.2, -0.15) is 0 Å². The lowest BCUT2D eigenvalue weighted by Crippen LogP contribution is -2.38. The molecule has 1 saturated heterocycles. The molecule has 1 fully saturated rings. The highest BCUT2D eigenvalue weighted by molar-refractivity contribution is 6.22. The number of nitrogens with zero attached hydrogens (tertiary/aromatic N) is 1. The van der Waals surface area contributed by atoms with Crippen LogP contribution in [-0.4, -0.2) is 50.6 Å². The summed E-state index contributed by atoms with van der Waals surface area (Å²) in [5.74, 6) is -1.11. The number of anilines is 1. The van der Waals surface area contributed by atoms with Crippen molar-refractivity contribution < 1.29 is 28.7 Å². The fraction of sp³-hybridized carbons (Fsp3) is 0.333. The number of ether oxygens (including phenoxy) is 2. The lowest BCUT2D eigenvalue weighted by Gasteiger charge is -2.13. The van der Waals surface area contributed by atoms with Gasteiger partial charge in [0.25, 0.3) is 5.91 Å². The maximum atomic E-state index is 12.3. The highest BCUT2D eigenvalue weighted by Crippen LogP contribution is 2.23. The Morgan fingerprint density at radius 3 is 2.46 bits per heavy atom. The molecule has 0 bridgehead atoms. The van der Waals surface area contributed by atoms with Crippen LogP contribution in [0.15, 0.2) is 24.3 Å². The molecule has 0 saturated carbocycles. The summed E-state index contributed by atoms with van der Waals surface area (Å²) in [5, 5.41) is 4.76. The van der Waals surface area contributed by atoms with Crippen molar-refractivity contribution in [3.05, 3.63) is 24.3 Å². The van der Waals surface area contributed by atoms with E-state index in [-0.39, 0.29) is 13.0 Å².